The summed E-state index contributed by atoms with van der Waals surface area (Å²) in [5.41, 5.74) is 1.19. The number of benzene rings is 4. The smallest absolute Gasteiger partial charge is 0.330 e. The summed E-state index contributed by atoms with van der Waals surface area (Å²) in [6.45, 7) is 8.58. The Morgan fingerprint density at radius 3 is 1.31 bits per heavy atom. The highest BCUT2D eigenvalue weighted by molar-refractivity contribution is 7.28. The van der Waals surface area contributed by atoms with Crippen LogP contribution in [-0.4, -0.2) is 72.2 Å². The number of hydrogen-bond donors (Lipinski definition) is 0. The van der Waals surface area contributed by atoms with E-state index >= 15 is 0 Å². The molecule has 0 unspecified atom stereocenters. The molecule has 410 valence electrons. The van der Waals surface area contributed by atoms with Crippen molar-refractivity contribution in [3.05, 3.63) is 110 Å². The summed E-state index contributed by atoms with van der Waals surface area (Å²) in [5, 5.41) is 1.25. The van der Waals surface area contributed by atoms with E-state index in [9.17, 15) is 28.8 Å². The van der Waals surface area contributed by atoms with Gasteiger partial charge < -0.3 is 37.9 Å². The summed E-state index contributed by atoms with van der Waals surface area (Å²) >= 11 is 2.78. The monoisotopic (exact) mass is 1100 g/mol. The Bertz CT molecular complexity index is 2830. The average molecular weight is 1100 g/mol. The second-order valence-electron chi connectivity index (χ2n) is 19.2. The van der Waals surface area contributed by atoms with E-state index in [4.69, 9.17) is 47.9 Å². The van der Waals surface area contributed by atoms with Crippen molar-refractivity contribution in [2.24, 2.45) is 23.7 Å². The van der Waals surface area contributed by atoms with Crippen LogP contribution < -0.4 is 28.4 Å². The van der Waals surface area contributed by atoms with Gasteiger partial charge in [0.05, 0.1) is 60.3 Å². The number of unbranched alkanes of at least 4 members (excludes halogenated alkanes) is 6. The number of carbonyl (C=O) groups excluding carboxylic acids is 6. The van der Waals surface area contributed by atoms with E-state index < -0.39 is 35.7 Å². The quantitative estimate of drug-likeness (QED) is 0.0204. The van der Waals surface area contributed by atoms with Crippen LogP contribution in [0.2, 0.25) is 0 Å². The molecule has 0 N–H and O–H groups in total. The number of nitrogens with zero attached hydrogens (tertiary/aromatic N) is 2. The topological polar surface area (TPSA) is 202 Å². The van der Waals surface area contributed by atoms with E-state index in [1.165, 1.54) is 22.7 Å². The van der Waals surface area contributed by atoms with E-state index in [2.05, 4.69) is 13.2 Å². The number of rotatable bonds is 27. The van der Waals surface area contributed by atoms with Gasteiger partial charge in [0.2, 0.25) is 0 Å². The van der Waals surface area contributed by atoms with Crippen LogP contribution in [-0.2, 0) is 38.2 Å². The molecular weight excluding hydrogens is 1040 g/mol. The van der Waals surface area contributed by atoms with E-state index in [1.54, 1.807) is 60.7 Å². The molecular formula is C60H64N2O14S2. The van der Waals surface area contributed by atoms with E-state index in [-0.39, 0.29) is 35.3 Å². The highest BCUT2D eigenvalue weighted by Crippen LogP contribution is 2.44. The molecule has 0 saturated heterocycles. The second kappa shape index (κ2) is 28.8. The van der Waals surface area contributed by atoms with Gasteiger partial charge in [0.1, 0.15) is 33.2 Å². The standard InChI is InChI=1S/C60H64N2O14S2/c1-3-51(63)71-37-13-7-5-11-35-69-43-25-29-45(30-26-43)73-57(65)39-17-21-41(22-18-39)59(67)75-48-33-34-49(54-53(48)62-56(78-54)55-61-47-15-9-10-16-50(47)77-55)76-60(68)42-23-19-40(20-24-42)58(66)74-46-31-27-44(28-32-46)70-36-12-6-8-14-38-72-52(64)4-2/h3-4,9-10,15-16,25-34,39-42H,1-2,5-8,11-14,17-24,35-38H2. The fourth-order valence-electron chi connectivity index (χ4n) is 9.26. The van der Waals surface area contributed by atoms with Gasteiger partial charge in [-0.3, -0.25) is 19.2 Å². The third kappa shape index (κ3) is 16.3. The van der Waals surface area contributed by atoms with Gasteiger partial charge >= 0.3 is 35.8 Å². The fraction of sp³-hybridized carbons (Fsp3) is 0.400. The molecule has 0 bridgehead atoms. The van der Waals surface area contributed by atoms with E-state index in [0.717, 1.165) is 73.7 Å². The number of esters is 6. The van der Waals surface area contributed by atoms with Crippen LogP contribution >= 0.6 is 22.7 Å². The van der Waals surface area contributed by atoms with E-state index in [1.807, 2.05) is 24.3 Å². The molecule has 8 rings (SSSR count). The minimum atomic E-state index is -0.454. The van der Waals surface area contributed by atoms with Crippen LogP contribution in [0.25, 0.3) is 30.4 Å². The van der Waals surface area contributed by atoms with Gasteiger partial charge in [-0.1, -0.05) is 25.3 Å². The Labute approximate surface area is 461 Å². The maximum atomic E-state index is 13.8. The molecule has 16 nitrogen and oxygen atoms in total. The first-order chi connectivity index (χ1) is 38.0. The number of hydrogen-bond acceptors (Lipinski definition) is 18. The van der Waals surface area contributed by atoms with Crippen molar-refractivity contribution in [2.75, 3.05) is 26.4 Å². The molecule has 2 aliphatic rings. The maximum absolute atomic E-state index is 13.8. The van der Waals surface area contributed by atoms with Crippen molar-refractivity contribution in [3.8, 4) is 44.5 Å². The predicted octanol–water partition coefficient (Wildman–Crippen LogP) is 12.5. The Hall–Kier alpha value is -7.44. The molecule has 18 heteroatoms. The van der Waals surface area contributed by atoms with Gasteiger partial charge in [0, 0.05) is 12.2 Å². The zero-order valence-electron chi connectivity index (χ0n) is 43.5. The van der Waals surface area contributed by atoms with Gasteiger partial charge in [-0.25, -0.2) is 19.6 Å². The van der Waals surface area contributed by atoms with Crippen LogP contribution in [0, 0.1) is 23.7 Å². The average Bonchev–Trinajstić information content (AvgIpc) is 4.31. The van der Waals surface area contributed by atoms with Gasteiger partial charge in [-0.15, -0.1) is 22.7 Å². The zero-order valence-corrected chi connectivity index (χ0v) is 45.2. The molecule has 2 fully saturated rings. The fourth-order valence-corrected chi connectivity index (χ4v) is 11.3. The normalized spacial score (nSPS) is 17.1. The highest BCUT2D eigenvalue weighted by Gasteiger charge is 2.35. The number of fused-ring (bicyclic) bond motifs is 2. The summed E-state index contributed by atoms with van der Waals surface area (Å²) < 4.78 is 46.8. The lowest BCUT2D eigenvalue weighted by Gasteiger charge is -2.26. The molecule has 2 heterocycles. The SMILES string of the molecule is C=CC(=O)OCCCCCCOc1ccc(OC(=O)C2CCC(C(=O)Oc3ccc(OC(=O)C4CCC(C(=O)Oc5ccc(OCCCCCCOC(=O)C=C)cc5)CC4)c4sc(-c5nc6ccccc6s5)nc34)CC2)cc1. The van der Waals surface area contributed by atoms with Gasteiger partial charge in [0.15, 0.2) is 21.5 Å². The molecule has 4 aromatic carbocycles. The van der Waals surface area contributed by atoms with Crippen molar-refractivity contribution >= 4 is 78.9 Å². The molecule has 2 aliphatic carbocycles. The zero-order chi connectivity index (χ0) is 54.6. The lowest BCUT2D eigenvalue weighted by molar-refractivity contribution is -0.145. The Morgan fingerprint density at radius 2 is 0.846 bits per heavy atom. The molecule has 0 atom stereocenters. The van der Waals surface area contributed by atoms with Crippen LogP contribution in [0.15, 0.2) is 110 Å². The predicted molar refractivity (Wildman–Crippen MR) is 295 cm³/mol. The van der Waals surface area contributed by atoms with Crippen molar-refractivity contribution in [1.82, 2.24) is 9.97 Å². The molecule has 78 heavy (non-hydrogen) atoms. The minimum Gasteiger partial charge on any atom is -0.494 e. The first kappa shape index (κ1) is 56.8. The first-order valence-corrected chi connectivity index (χ1v) is 28.4. The highest BCUT2D eigenvalue weighted by atomic mass is 32.1. The molecule has 6 aromatic rings. The van der Waals surface area contributed by atoms with Crippen LogP contribution in [0.5, 0.6) is 34.5 Å². The largest absolute Gasteiger partial charge is 0.494 e. The lowest BCUT2D eigenvalue weighted by Crippen LogP contribution is -2.30. The Morgan fingerprint density at radius 1 is 0.449 bits per heavy atom. The second-order valence-corrected chi connectivity index (χ2v) is 21.3. The number of ether oxygens (including phenoxy) is 8. The summed E-state index contributed by atoms with van der Waals surface area (Å²) in [5.74, 6) is -1.37. The number of para-hydroxylation sites is 1. The summed E-state index contributed by atoms with van der Waals surface area (Å²) in [6, 6.07) is 24.9. The molecule has 2 saturated carbocycles. The Balaban J connectivity index is 0.802. The molecule has 0 amide bonds. The van der Waals surface area contributed by atoms with Crippen molar-refractivity contribution < 1.29 is 66.7 Å². The van der Waals surface area contributed by atoms with E-state index in [0.29, 0.717) is 121 Å². The lowest BCUT2D eigenvalue weighted by atomic mass is 9.82. The number of carbonyl (C=O) groups is 6. The summed E-state index contributed by atoms with van der Waals surface area (Å²) in [6.07, 6.45) is 12.8. The summed E-state index contributed by atoms with van der Waals surface area (Å²) in [4.78, 5) is 86.1. The molecule has 2 aromatic heterocycles. The van der Waals surface area contributed by atoms with Gasteiger partial charge in [-0.05, 0) is 176 Å². The third-order valence-electron chi connectivity index (χ3n) is 13.7. The summed E-state index contributed by atoms with van der Waals surface area (Å²) in [7, 11) is 0. The van der Waals surface area contributed by atoms with Crippen molar-refractivity contribution in [1.29, 1.82) is 0 Å². The molecule has 0 radical (unpaired) electrons. The number of aromatic nitrogens is 2. The first-order valence-electron chi connectivity index (χ1n) is 26.7. The van der Waals surface area contributed by atoms with Gasteiger partial charge in [-0.2, -0.15) is 0 Å². The van der Waals surface area contributed by atoms with Crippen LogP contribution in [0.3, 0.4) is 0 Å². The number of thiazole rings is 2. The molecule has 0 aliphatic heterocycles. The minimum absolute atomic E-state index is 0.228. The van der Waals surface area contributed by atoms with Gasteiger partial charge in [0.25, 0.3) is 0 Å². The van der Waals surface area contributed by atoms with Crippen LogP contribution in [0.4, 0.5) is 0 Å². The van der Waals surface area contributed by atoms with Crippen LogP contribution in [0.1, 0.15) is 103 Å². The molecule has 0 spiro atoms. The maximum Gasteiger partial charge on any atom is 0.330 e. The Kier molecular flexibility index (Phi) is 21.0. The van der Waals surface area contributed by atoms with Crippen molar-refractivity contribution in [3.63, 3.8) is 0 Å². The third-order valence-corrected chi connectivity index (χ3v) is 15.9. The van der Waals surface area contributed by atoms with Crippen molar-refractivity contribution in [2.45, 2.75) is 103 Å².